The fraction of sp³-hybridized carbons (Fsp3) is 0.500. The van der Waals surface area contributed by atoms with Gasteiger partial charge < -0.3 is 24.2 Å². The van der Waals surface area contributed by atoms with Gasteiger partial charge in [0.2, 0.25) is 0 Å². The number of carbonyl (C=O) groups is 2. The Hall–Kier alpha value is -4.29. The van der Waals surface area contributed by atoms with Crippen LogP contribution in [0.15, 0.2) is 60.9 Å². The molecule has 4 fully saturated rings. The van der Waals surface area contributed by atoms with Crippen molar-refractivity contribution in [3.05, 3.63) is 72.6 Å². The second-order valence-electron chi connectivity index (χ2n) is 16.6. The molecular weight excluding hydrogens is 677 g/mol. The van der Waals surface area contributed by atoms with E-state index in [-0.39, 0.29) is 34.0 Å². The minimum Gasteiger partial charge on any atom is -0.444 e. The molecule has 1 spiro atoms. The molecule has 274 valence electrons. The highest BCUT2D eigenvalue weighted by atomic mass is 32.2. The van der Waals surface area contributed by atoms with Crippen LogP contribution < -0.4 is 0 Å². The fourth-order valence-corrected chi connectivity index (χ4v) is 9.34. The minimum absolute atomic E-state index is 0.0436. The summed E-state index contributed by atoms with van der Waals surface area (Å²) in [5.41, 5.74) is 4.69. The van der Waals surface area contributed by atoms with Crippen LogP contribution in [0.3, 0.4) is 0 Å². The molecule has 4 atom stereocenters. The van der Waals surface area contributed by atoms with E-state index in [0.717, 1.165) is 77.6 Å². The zero-order chi connectivity index (χ0) is 36.5. The van der Waals surface area contributed by atoms with E-state index in [0.29, 0.717) is 19.5 Å². The summed E-state index contributed by atoms with van der Waals surface area (Å²) in [5.74, 6) is 1.67. The number of H-pyrrole nitrogens is 2. The van der Waals surface area contributed by atoms with Crippen LogP contribution >= 0.6 is 11.8 Å². The largest absolute Gasteiger partial charge is 0.444 e. The number of likely N-dealkylation sites (tertiary alicyclic amines) is 2. The van der Waals surface area contributed by atoms with Crippen LogP contribution in [0.2, 0.25) is 0 Å². The van der Waals surface area contributed by atoms with Crippen molar-refractivity contribution in [2.75, 3.05) is 19.7 Å². The summed E-state index contributed by atoms with van der Waals surface area (Å²) in [7, 11) is 0. The van der Waals surface area contributed by atoms with Crippen molar-refractivity contribution in [1.82, 2.24) is 29.7 Å². The Morgan fingerprint density at radius 1 is 0.788 bits per heavy atom. The molecule has 4 unspecified atom stereocenters. The van der Waals surface area contributed by atoms with Crippen molar-refractivity contribution in [3.63, 3.8) is 0 Å². The SMILES string of the molecule is CC(C)(C)OC(=O)N1CC2(CCCO2)CC1c1ncc(-c2ccc(-c3ccc(-c4cnc(C56CCCN(C(=O)OC(C)(C)C)C5S6)[nH]4)cc3)cc2)[nH]1. The fourth-order valence-electron chi connectivity index (χ4n) is 7.86. The predicted molar refractivity (Wildman–Crippen MR) is 200 cm³/mol. The lowest BCUT2D eigenvalue weighted by atomic mass is 9.96. The van der Waals surface area contributed by atoms with Gasteiger partial charge in [0, 0.05) is 19.6 Å². The normalized spacial score (nSPS) is 25.7. The number of carbonyl (C=O) groups excluding carboxylic acids is 2. The first-order valence-corrected chi connectivity index (χ1v) is 19.2. The lowest BCUT2D eigenvalue weighted by Gasteiger charge is -2.31. The van der Waals surface area contributed by atoms with Gasteiger partial charge in [0.25, 0.3) is 0 Å². The van der Waals surface area contributed by atoms with Crippen molar-refractivity contribution < 1.29 is 23.8 Å². The first-order chi connectivity index (χ1) is 24.7. The summed E-state index contributed by atoms with van der Waals surface area (Å²) in [4.78, 5) is 46.4. The Bertz CT molecular complexity index is 1950. The third-order valence-electron chi connectivity index (χ3n) is 10.3. The minimum atomic E-state index is -0.588. The number of thioether (sulfide) groups is 1. The quantitative estimate of drug-likeness (QED) is 0.196. The molecule has 6 heterocycles. The van der Waals surface area contributed by atoms with E-state index in [9.17, 15) is 9.59 Å². The number of benzene rings is 2. The summed E-state index contributed by atoms with van der Waals surface area (Å²) in [6.45, 7) is 13.3. The second kappa shape index (κ2) is 12.7. The van der Waals surface area contributed by atoms with Crippen molar-refractivity contribution in [2.45, 2.75) is 107 Å². The van der Waals surface area contributed by atoms with E-state index in [1.54, 1.807) is 16.7 Å². The maximum Gasteiger partial charge on any atom is 0.411 e. The van der Waals surface area contributed by atoms with Gasteiger partial charge in [-0.15, -0.1) is 11.8 Å². The molecule has 4 saturated heterocycles. The third-order valence-corrected chi connectivity index (χ3v) is 12.0. The van der Waals surface area contributed by atoms with Gasteiger partial charge in [-0.1, -0.05) is 48.5 Å². The number of aromatic amines is 2. The first kappa shape index (κ1) is 34.8. The van der Waals surface area contributed by atoms with Gasteiger partial charge >= 0.3 is 12.2 Å². The lowest BCUT2D eigenvalue weighted by molar-refractivity contribution is -0.0000180. The lowest BCUT2D eigenvalue weighted by Crippen LogP contribution is -2.44. The maximum atomic E-state index is 13.3. The Morgan fingerprint density at radius 2 is 1.37 bits per heavy atom. The van der Waals surface area contributed by atoms with Gasteiger partial charge in [-0.25, -0.2) is 19.6 Å². The highest BCUT2D eigenvalue weighted by Crippen LogP contribution is 2.66. The molecule has 4 aliphatic heterocycles. The molecule has 2 aromatic heterocycles. The number of piperidine rings is 1. The molecule has 11 nitrogen and oxygen atoms in total. The molecule has 8 rings (SSSR count). The number of ether oxygens (including phenoxy) is 3. The number of amides is 2. The molecule has 2 amide bonds. The number of fused-ring (bicyclic) bond motifs is 1. The van der Waals surface area contributed by atoms with Crippen LogP contribution in [-0.2, 0) is 19.0 Å². The van der Waals surface area contributed by atoms with E-state index in [4.69, 9.17) is 24.2 Å². The van der Waals surface area contributed by atoms with E-state index in [1.165, 1.54) is 0 Å². The summed E-state index contributed by atoms with van der Waals surface area (Å²) >= 11 is 1.78. The third kappa shape index (κ3) is 6.71. The van der Waals surface area contributed by atoms with E-state index < -0.39 is 11.2 Å². The van der Waals surface area contributed by atoms with Gasteiger partial charge in [-0.3, -0.25) is 9.80 Å². The average Bonchev–Trinajstić information content (AvgIpc) is 3.64. The number of imidazole rings is 2. The van der Waals surface area contributed by atoms with Gasteiger partial charge in [0.05, 0.1) is 42.0 Å². The van der Waals surface area contributed by atoms with Crippen molar-refractivity contribution in [2.24, 2.45) is 0 Å². The highest BCUT2D eigenvalue weighted by Gasteiger charge is 2.64. The summed E-state index contributed by atoms with van der Waals surface area (Å²) in [5, 5.41) is 0.0436. The van der Waals surface area contributed by atoms with Gasteiger partial charge in [-0.05, 0) is 89.5 Å². The van der Waals surface area contributed by atoms with E-state index in [2.05, 4.69) is 58.5 Å². The molecule has 2 aromatic carbocycles. The Balaban J connectivity index is 0.939. The molecular formula is C40H48N6O5S. The Labute approximate surface area is 309 Å². The molecule has 2 N–H and O–H groups in total. The number of nitrogens with zero attached hydrogens (tertiary/aromatic N) is 4. The monoisotopic (exact) mass is 724 g/mol. The summed E-state index contributed by atoms with van der Waals surface area (Å²) in [6.07, 6.45) is 7.66. The molecule has 52 heavy (non-hydrogen) atoms. The van der Waals surface area contributed by atoms with Crippen molar-refractivity contribution in [1.29, 1.82) is 0 Å². The van der Waals surface area contributed by atoms with Crippen LogP contribution in [-0.4, -0.2) is 83.8 Å². The van der Waals surface area contributed by atoms with Crippen LogP contribution in [0.1, 0.15) is 91.3 Å². The summed E-state index contributed by atoms with van der Waals surface area (Å²) in [6, 6.07) is 16.7. The molecule has 0 radical (unpaired) electrons. The van der Waals surface area contributed by atoms with Crippen molar-refractivity contribution >= 4 is 23.9 Å². The number of rotatable bonds is 5. The van der Waals surface area contributed by atoms with Gasteiger partial charge in [0.1, 0.15) is 33.0 Å². The number of nitrogens with one attached hydrogen (secondary N) is 2. The van der Waals surface area contributed by atoms with E-state index >= 15 is 0 Å². The molecule has 4 aromatic rings. The topological polar surface area (TPSA) is 126 Å². The number of hydrogen-bond donors (Lipinski definition) is 2. The van der Waals surface area contributed by atoms with Crippen molar-refractivity contribution in [3.8, 4) is 33.6 Å². The number of hydrogen-bond acceptors (Lipinski definition) is 8. The zero-order valence-electron chi connectivity index (χ0n) is 30.8. The Kier molecular flexibility index (Phi) is 8.48. The van der Waals surface area contributed by atoms with Crippen LogP contribution in [0, 0.1) is 0 Å². The average molecular weight is 725 g/mol. The van der Waals surface area contributed by atoms with Crippen LogP contribution in [0.4, 0.5) is 9.59 Å². The highest BCUT2D eigenvalue weighted by molar-refractivity contribution is 8.08. The molecule has 0 aliphatic carbocycles. The maximum absolute atomic E-state index is 13.3. The second-order valence-corrected chi connectivity index (χ2v) is 18.0. The smallest absolute Gasteiger partial charge is 0.411 e. The van der Waals surface area contributed by atoms with Gasteiger partial charge in [-0.2, -0.15) is 0 Å². The molecule has 0 bridgehead atoms. The molecule has 12 heteroatoms. The van der Waals surface area contributed by atoms with Crippen LogP contribution in [0.5, 0.6) is 0 Å². The standard InChI is InChI=1S/C40H48N6O5S/c1-37(2,3)50-35(47)45-19-7-18-40(34(45)52-40)33-42-23-30(44-33)28-15-11-26(12-16-28)25-9-13-27(14-10-25)29-22-41-32(43-29)31-21-39(17-8-20-49-39)24-46(31)36(48)51-38(4,5)6/h9-16,22-23,31,34H,7-8,17-21,24H2,1-6H3,(H,41,43)(H,42,44). The molecule has 0 saturated carbocycles. The van der Waals surface area contributed by atoms with Gasteiger partial charge in [0.15, 0.2) is 0 Å². The molecule has 4 aliphatic rings. The predicted octanol–water partition coefficient (Wildman–Crippen LogP) is 8.66. The Morgan fingerprint density at radius 3 is 1.96 bits per heavy atom. The van der Waals surface area contributed by atoms with Crippen LogP contribution in [0.25, 0.3) is 33.6 Å². The zero-order valence-corrected chi connectivity index (χ0v) is 31.6. The number of aromatic nitrogens is 4. The summed E-state index contributed by atoms with van der Waals surface area (Å²) < 4.78 is 17.4. The van der Waals surface area contributed by atoms with E-state index in [1.807, 2.05) is 58.8 Å². The first-order valence-electron chi connectivity index (χ1n) is 18.3.